The van der Waals surface area contributed by atoms with Crippen LogP contribution >= 0.6 is 11.7 Å². The van der Waals surface area contributed by atoms with Gasteiger partial charge in [-0.05, 0) is 12.1 Å². The number of rotatable bonds is 0. The molecule has 7 heteroatoms. The lowest BCUT2D eigenvalue weighted by Gasteiger charge is -2.08. The fourth-order valence-electron chi connectivity index (χ4n) is 1.93. The Balaban J connectivity index is 2.78. The maximum atomic E-state index is 11.8. The van der Waals surface area contributed by atoms with Crippen molar-refractivity contribution in [2.45, 2.75) is 0 Å². The molecule has 0 spiro atoms. The maximum Gasteiger partial charge on any atom is 0.316 e. The topological polar surface area (TPSA) is 69.8 Å². The van der Waals surface area contributed by atoms with E-state index in [0.717, 1.165) is 17.2 Å². The van der Waals surface area contributed by atoms with Gasteiger partial charge in [0.1, 0.15) is 11.0 Å². The van der Waals surface area contributed by atoms with Gasteiger partial charge in [-0.15, -0.1) is 0 Å². The van der Waals surface area contributed by atoms with Gasteiger partial charge in [-0.25, -0.2) is 0 Å². The van der Waals surface area contributed by atoms with Crippen molar-refractivity contribution >= 4 is 33.8 Å². The quantitative estimate of drug-likeness (QED) is 0.534. The number of fused-ring (bicyclic) bond motifs is 3. The van der Waals surface area contributed by atoms with Crippen LogP contribution in [0.2, 0.25) is 0 Å². The summed E-state index contributed by atoms with van der Waals surface area (Å²) in [6, 6.07) is 3.57. The first-order valence-electron chi connectivity index (χ1n) is 4.92. The molecule has 0 aliphatic rings. The van der Waals surface area contributed by atoms with Crippen molar-refractivity contribution in [3.8, 4) is 0 Å². The third kappa shape index (κ3) is 1.19. The van der Waals surface area contributed by atoms with Gasteiger partial charge in [-0.1, -0.05) is 0 Å². The van der Waals surface area contributed by atoms with Crippen molar-refractivity contribution in [1.82, 2.24) is 17.9 Å². The van der Waals surface area contributed by atoms with Crippen molar-refractivity contribution in [2.75, 3.05) is 0 Å². The van der Waals surface area contributed by atoms with E-state index in [0.29, 0.717) is 16.6 Å². The molecule has 0 fully saturated rings. The second-order valence-electron chi connectivity index (χ2n) is 3.79. The fourth-order valence-corrected chi connectivity index (χ4v) is 2.46. The first-order chi connectivity index (χ1) is 8.11. The molecule has 0 atom stereocenters. The van der Waals surface area contributed by atoms with Gasteiger partial charge in [0.05, 0.1) is 22.8 Å². The largest absolute Gasteiger partial charge is 0.316 e. The molecule has 0 bridgehead atoms. The third-order valence-corrected chi connectivity index (χ3v) is 3.41. The minimum absolute atomic E-state index is 0.539. The highest BCUT2D eigenvalue weighted by atomic mass is 32.1. The highest BCUT2D eigenvalue weighted by Gasteiger charge is 2.13. The number of nitrogens with zero attached hydrogens (tertiary/aromatic N) is 4. The van der Waals surface area contributed by atoms with Crippen LogP contribution in [0.15, 0.2) is 21.7 Å². The Morgan fingerprint density at radius 2 is 1.76 bits per heavy atom. The van der Waals surface area contributed by atoms with Crippen molar-refractivity contribution in [3.63, 3.8) is 0 Å². The molecule has 1 aromatic carbocycles. The molecular weight excluding hydrogens is 240 g/mol. The first-order valence-corrected chi connectivity index (χ1v) is 5.65. The van der Waals surface area contributed by atoms with Gasteiger partial charge in [0.2, 0.25) is 0 Å². The molecule has 0 aliphatic heterocycles. The first kappa shape index (κ1) is 10.2. The van der Waals surface area contributed by atoms with Gasteiger partial charge >= 0.3 is 11.1 Å². The number of aryl methyl sites for hydroxylation is 2. The molecule has 3 aromatic rings. The summed E-state index contributed by atoms with van der Waals surface area (Å²) in [4.78, 5) is 23.4. The molecule has 2 heterocycles. The number of hydrogen-bond acceptors (Lipinski definition) is 5. The molecule has 0 unspecified atom stereocenters. The van der Waals surface area contributed by atoms with Crippen LogP contribution in [-0.4, -0.2) is 17.9 Å². The smallest absolute Gasteiger partial charge is 0.305 e. The van der Waals surface area contributed by atoms with Gasteiger partial charge in [0.15, 0.2) is 0 Å². The van der Waals surface area contributed by atoms with Gasteiger partial charge in [-0.3, -0.25) is 9.59 Å². The standard InChI is InChI=1S/C10H8N4O2S/c1-13-6-4-3-5-7(12-17-11-5)8(6)14(2)10(16)9(13)15/h3-4H,1-2H3. The van der Waals surface area contributed by atoms with E-state index < -0.39 is 11.1 Å². The molecule has 0 saturated carbocycles. The molecule has 3 rings (SSSR count). The second-order valence-corrected chi connectivity index (χ2v) is 4.32. The summed E-state index contributed by atoms with van der Waals surface area (Å²) in [6.07, 6.45) is 0. The zero-order valence-electron chi connectivity index (χ0n) is 9.17. The van der Waals surface area contributed by atoms with E-state index >= 15 is 0 Å². The van der Waals surface area contributed by atoms with Crippen LogP contribution in [0.25, 0.3) is 22.1 Å². The summed E-state index contributed by atoms with van der Waals surface area (Å²) in [5.41, 5.74) is 1.61. The summed E-state index contributed by atoms with van der Waals surface area (Å²) >= 11 is 1.09. The van der Waals surface area contributed by atoms with Crippen LogP contribution in [0, 0.1) is 0 Å². The van der Waals surface area contributed by atoms with E-state index in [1.807, 2.05) is 0 Å². The third-order valence-electron chi connectivity index (χ3n) is 2.87. The highest BCUT2D eigenvalue weighted by Crippen LogP contribution is 2.20. The van der Waals surface area contributed by atoms with Crippen molar-refractivity contribution in [2.24, 2.45) is 14.1 Å². The maximum absolute atomic E-state index is 11.8. The Bertz CT molecular complexity index is 858. The molecule has 0 radical (unpaired) electrons. The van der Waals surface area contributed by atoms with Crippen LogP contribution in [-0.2, 0) is 14.1 Å². The van der Waals surface area contributed by atoms with Crippen LogP contribution in [0.1, 0.15) is 0 Å². The van der Waals surface area contributed by atoms with Crippen LogP contribution < -0.4 is 11.1 Å². The van der Waals surface area contributed by atoms with Crippen molar-refractivity contribution in [3.05, 3.63) is 32.8 Å². The Morgan fingerprint density at radius 3 is 2.53 bits per heavy atom. The van der Waals surface area contributed by atoms with Gasteiger partial charge in [-0.2, -0.15) is 8.75 Å². The lowest BCUT2D eigenvalue weighted by atomic mass is 10.2. The molecule has 0 saturated heterocycles. The second kappa shape index (κ2) is 3.24. The van der Waals surface area contributed by atoms with Gasteiger partial charge in [0.25, 0.3) is 0 Å². The van der Waals surface area contributed by atoms with E-state index in [1.54, 1.807) is 26.2 Å². The fraction of sp³-hybridized carbons (Fsp3) is 0.200. The molecule has 17 heavy (non-hydrogen) atoms. The van der Waals surface area contributed by atoms with Gasteiger partial charge < -0.3 is 9.13 Å². The Morgan fingerprint density at radius 1 is 1.06 bits per heavy atom. The molecule has 6 nitrogen and oxygen atoms in total. The van der Waals surface area contributed by atoms with Crippen molar-refractivity contribution in [1.29, 1.82) is 0 Å². The Kier molecular flexibility index (Phi) is 1.93. The monoisotopic (exact) mass is 248 g/mol. The highest BCUT2D eigenvalue weighted by molar-refractivity contribution is 7.00. The lowest BCUT2D eigenvalue weighted by molar-refractivity contribution is 0.801. The summed E-state index contributed by atoms with van der Waals surface area (Å²) in [5.74, 6) is 0. The van der Waals surface area contributed by atoms with E-state index in [9.17, 15) is 9.59 Å². The molecule has 0 amide bonds. The van der Waals surface area contributed by atoms with Crippen LogP contribution in [0.4, 0.5) is 0 Å². The predicted octanol–water partition coefficient (Wildman–Crippen LogP) is 0.242. The minimum Gasteiger partial charge on any atom is -0.305 e. The Hall–Kier alpha value is -2.02. The normalized spacial score (nSPS) is 11.4. The minimum atomic E-state index is -0.555. The number of benzene rings is 1. The van der Waals surface area contributed by atoms with Crippen molar-refractivity contribution < 1.29 is 0 Å². The molecular formula is C10H8N4O2S. The average molecular weight is 248 g/mol. The van der Waals surface area contributed by atoms with Crippen LogP contribution in [0.3, 0.4) is 0 Å². The number of hydrogen-bond donors (Lipinski definition) is 0. The average Bonchev–Trinajstić information content (AvgIpc) is 2.80. The Labute approximate surface area is 99.1 Å². The summed E-state index contributed by atoms with van der Waals surface area (Å²) in [5, 5.41) is 0. The molecule has 0 aliphatic carbocycles. The summed E-state index contributed by atoms with van der Waals surface area (Å²) in [7, 11) is 3.16. The SMILES string of the molecule is Cn1c(=O)c(=O)n(C)c2c3nsnc3ccc21. The number of aromatic nitrogens is 4. The van der Waals surface area contributed by atoms with Crippen LogP contribution in [0.5, 0.6) is 0 Å². The van der Waals surface area contributed by atoms with E-state index in [1.165, 1.54) is 9.13 Å². The van der Waals surface area contributed by atoms with E-state index in [2.05, 4.69) is 8.75 Å². The zero-order valence-corrected chi connectivity index (χ0v) is 9.98. The predicted molar refractivity (Wildman–Crippen MR) is 65.4 cm³/mol. The molecule has 2 aromatic heterocycles. The van der Waals surface area contributed by atoms with Gasteiger partial charge in [0, 0.05) is 14.1 Å². The molecule has 0 N–H and O–H groups in total. The van der Waals surface area contributed by atoms with E-state index in [-0.39, 0.29) is 0 Å². The summed E-state index contributed by atoms with van der Waals surface area (Å²) in [6.45, 7) is 0. The summed E-state index contributed by atoms with van der Waals surface area (Å²) < 4.78 is 11.0. The lowest BCUT2D eigenvalue weighted by Crippen LogP contribution is -2.39. The zero-order chi connectivity index (χ0) is 12.2. The molecule has 86 valence electrons. The van der Waals surface area contributed by atoms with E-state index in [4.69, 9.17) is 0 Å².